The molecular formula is C26H31N5O3. The van der Waals surface area contributed by atoms with Crippen molar-refractivity contribution in [2.45, 2.75) is 58.7 Å². The first-order valence-corrected chi connectivity index (χ1v) is 11.5. The molecule has 2 aromatic heterocycles. The van der Waals surface area contributed by atoms with Crippen molar-refractivity contribution in [2.24, 2.45) is 0 Å². The Morgan fingerprint density at radius 1 is 1.24 bits per heavy atom. The number of hydrogen-bond donors (Lipinski definition) is 2. The Morgan fingerprint density at radius 3 is 2.68 bits per heavy atom. The van der Waals surface area contributed by atoms with E-state index in [0.29, 0.717) is 18.5 Å². The van der Waals surface area contributed by atoms with E-state index in [1.165, 1.54) is 7.05 Å². The van der Waals surface area contributed by atoms with Crippen LogP contribution in [0.1, 0.15) is 55.1 Å². The lowest BCUT2D eigenvalue weighted by Crippen LogP contribution is -2.46. The van der Waals surface area contributed by atoms with Crippen LogP contribution in [0.3, 0.4) is 0 Å². The van der Waals surface area contributed by atoms with Crippen molar-refractivity contribution >= 4 is 29.6 Å². The standard InChI is InChI=1S/C26H31N5O3/c1-16-8-11-21-28-22(23(31(21)14-16)29-26(2,3)4)17-9-10-19-18(13-17)15-30(25(19)34)20(7-6-12-32)24(33)27-5/h8-14,20,29H,6-7,15H2,1-5H3,(H,27,33). The average Bonchev–Trinajstić information content (AvgIpc) is 3.30. The quantitative estimate of drug-likeness (QED) is 0.525. The minimum absolute atomic E-state index is 0.183. The number of aromatic nitrogens is 2. The van der Waals surface area contributed by atoms with Crippen LogP contribution >= 0.6 is 0 Å². The highest BCUT2D eigenvalue weighted by atomic mass is 16.2. The molecule has 1 unspecified atom stereocenters. The molecule has 0 bridgehead atoms. The molecule has 0 fully saturated rings. The molecule has 0 spiro atoms. The molecule has 8 heteroatoms. The number of aldehydes is 1. The van der Waals surface area contributed by atoms with Gasteiger partial charge in [0.05, 0.1) is 0 Å². The van der Waals surface area contributed by atoms with Crippen molar-refractivity contribution in [3.05, 3.63) is 53.2 Å². The van der Waals surface area contributed by atoms with Crippen molar-refractivity contribution in [1.82, 2.24) is 19.6 Å². The van der Waals surface area contributed by atoms with Gasteiger partial charge < -0.3 is 20.3 Å². The zero-order valence-corrected chi connectivity index (χ0v) is 20.3. The molecule has 4 rings (SSSR count). The Balaban J connectivity index is 1.75. The number of nitrogens with zero attached hydrogens (tertiary/aromatic N) is 3. The lowest BCUT2D eigenvalue weighted by molar-refractivity contribution is -0.125. The predicted octanol–water partition coefficient (Wildman–Crippen LogP) is 3.57. The minimum Gasteiger partial charge on any atom is -0.365 e. The maximum atomic E-state index is 13.1. The minimum atomic E-state index is -0.685. The van der Waals surface area contributed by atoms with Gasteiger partial charge in [-0.2, -0.15) is 0 Å². The van der Waals surface area contributed by atoms with Crippen molar-refractivity contribution in [3.63, 3.8) is 0 Å². The molecule has 2 amide bonds. The fourth-order valence-corrected chi connectivity index (χ4v) is 4.39. The number of hydrogen-bond acceptors (Lipinski definition) is 5. The van der Waals surface area contributed by atoms with E-state index in [0.717, 1.165) is 40.1 Å². The Kier molecular flexibility index (Phi) is 6.17. The van der Waals surface area contributed by atoms with E-state index >= 15 is 0 Å². The monoisotopic (exact) mass is 461 g/mol. The van der Waals surface area contributed by atoms with Gasteiger partial charge in [0.2, 0.25) is 5.91 Å². The third-order valence-corrected chi connectivity index (χ3v) is 5.95. The van der Waals surface area contributed by atoms with Crippen molar-refractivity contribution in [1.29, 1.82) is 0 Å². The predicted molar refractivity (Wildman–Crippen MR) is 132 cm³/mol. The van der Waals surface area contributed by atoms with Gasteiger partial charge >= 0.3 is 0 Å². The van der Waals surface area contributed by atoms with Gasteiger partial charge in [-0.15, -0.1) is 0 Å². The van der Waals surface area contributed by atoms with E-state index in [2.05, 4.69) is 42.0 Å². The third-order valence-electron chi connectivity index (χ3n) is 5.95. The number of likely N-dealkylation sites (N-methyl/N-ethyl adjacent to an activating group) is 1. The molecule has 3 aromatic rings. The summed E-state index contributed by atoms with van der Waals surface area (Å²) < 4.78 is 2.06. The van der Waals surface area contributed by atoms with Crippen LogP contribution in [0.15, 0.2) is 36.5 Å². The molecule has 2 N–H and O–H groups in total. The lowest BCUT2D eigenvalue weighted by Gasteiger charge is -2.25. The topological polar surface area (TPSA) is 95.8 Å². The lowest BCUT2D eigenvalue weighted by atomic mass is 10.0. The number of nitrogens with one attached hydrogen (secondary N) is 2. The normalized spacial score (nSPS) is 14.3. The number of pyridine rings is 1. The second kappa shape index (κ2) is 8.93. The average molecular weight is 462 g/mol. The molecule has 3 heterocycles. The van der Waals surface area contributed by atoms with E-state index < -0.39 is 6.04 Å². The second-order valence-corrected chi connectivity index (χ2v) is 9.80. The number of imidazole rings is 1. The Bertz CT molecular complexity index is 1270. The zero-order valence-electron chi connectivity index (χ0n) is 20.3. The molecule has 0 saturated heterocycles. The van der Waals surface area contributed by atoms with Crippen LogP contribution in [0.5, 0.6) is 0 Å². The molecule has 1 aliphatic rings. The summed E-state index contributed by atoms with van der Waals surface area (Å²) in [5.41, 5.74) is 4.89. The number of amides is 2. The van der Waals surface area contributed by atoms with Gasteiger partial charge in [-0.3, -0.25) is 14.0 Å². The Morgan fingerprint density at radius 2 is 2.00 bits per heavy atom. The maximum Gasteiger partial charge on any atom is 0.255 e. The molecule has 0 saturated carbocycles. The number of fused-ring (bicyclic) bond motifs is 2. The molecule has 1 aromatic carbocycles. The smallest absolute Gasteiger partial charge is 0.255 e. The maximum absolute atomic E-state index is 13.1. The number of benzene rings is 1. The fourth-order valence-electron chi connectivity index (χ4n) is 4.39. The number of rotatable bonds is 7. The summed E-state index contributed by atoms with van der Waals surface area (Å²) in [4.78, 5) is 42.9. The van der Waals surface area contributed by atoms with Gasteiger partial charge in [-0.05, 0) is 63.4 Å². The highest BCUT2D eigenvalue weighted by Crippen LogP contribution is 2.35. The summed E-state index contributed by atoms with van der Waals surface area (Å²) in [7, 11) is 1.54. The molecule has 0 radical (unpaired) electrons. The van der Waals surface area contributed by atoms with Crippen molar-refractivity contribution in [3.8, 4) is 11.3 Å². The van der Waals surface area contributed by atoms with Gasteiger partial charge in [0.1, 0.15) is 29.5 Å². The molecule has 34 heavy (non-hydrogen) atoms. The summed E-state index contributed by atoms with van der Waals surface area (Å²) in [6.45, 7) is 8.66. The van der Waals surface area contributed by atoms with Crippen LogP contribution in [0, 0.1) is 6.92 Å². The van der Waals surface area contributed by atoms with Crippen LogP contribution in [-0.2, 0) is 16.1 Å². The SMILES string of the molecule is CNC(=O)C(CCC=O)N1Cc2cc(-c3nc4ccc(C)cn4c3NC(C)(C)C)ccc2C1=O. The highest BCUT2D eigenvalue weighted by molar-refractivity contribution is 6.01. The first kappa shape index (κ1) is 23.5. The third kappa shape index (κ3) is 4.40. The van der Waals surface area contributed by atoms with E-state index in [1.807, 2.05) is 37.3 Å². The van der Waals surface area contributed by atoms with Crippen LogP contribution in [0.2, 0.25) is 0 Å². The van der Waals surface area contributed by atoms with Gasteiger partial charge in [0.25, 0.3) is 5.91 Å². The molecule has 178 valence electrons. The molecular weight excluding hydrogens is 430 g/mol. The summed E-state index contributed by atoms with van der Waals surface area (Å²) in [5.74, 6) is 0.428. The summed E-state index contributed by atoms with van der Waals surface area (Å²) in [5, 5.41) is 6.20. The Hall–Kier alpha value is -3.68. The molecule has 8 nitrogen and oxygen atoms in total. The number of anilines is 1. The van der Waals surface area contributed by atoms with Crippen LogP contribution in [-0.4, -0.2) is 51.0 Å². The van der Waals surface area contributed by atoms with E-state index in [-0.39, 0.29) is 23.8 Å². The Labute approximate surface area is 199 Å². The molecule has 1 atom stereocenters. The van der Waals surface area contributed by atoms with E-state index in [9.17, 15) is 14.4 Å². The second-order valence-electron chi connectivity index (χ2n) is 9.80. The van der Waals surface area contributed by atoms with Crippen LogP contribution < -0.4 is 10.6 Å². The van der Waals surface area contributed by atoms with Crippen LogP contribution in [0.4, 0.5) is 5.82 Å². The van der Waals surface area contributed by atoms with Gasteiger partial charge in [0.15, 0.2) is 0 Å². The summed E-state index contributed by atoms with van der Waals surface area (Å²) in [6, 6.07) is 9.04. The fraction of sp³-hybridized carbons (Fsp3) is 0.385. The number of carbonyl (C=O) groups is 3. The summed E-state index contributed by atoms with van der Waals surface area (Å²) in [6.07, 6.45) is 3.34. The molecule has 0 aliphatic carbocycles. The number of carbonyl (C=O) groups excluding carboxylic acids is 3. The first-order chi connectivity index (χ1) is 16.1. The van der Waals surface area contributed by atoms with Crippen molar-refractivity contribution < 1.29 is 14.4 Å². The van der Waals surface area contributed by atoms with E-state index in [4.69, 9.17) is 4.98 Å². The number of aryl methyl sites for hydroxylation is 1. The zero-order chi connectivity index (χ0) is 24.6. The van der Waals surface area contributed by atoms with Gasteiger partial charge in [0, 0.05) is 42.9 Å². The summed E-state index contributed by atoms with van der Waals surface area (Å²) >= 11 is 0. The molecule has 1 aliphatic heterocycles. The largest absolute Gasteiger partial charge is 0.365 e. The van der Waals surface area contributed by atoms with Gasteiger partial charge in [-0.25, -0.2) is 4.98 Å². The highest BCUT2D eigenvalue weighted by Gasteiger charge is 2.36. The van der Waals surface area contributed by atoms with Crippen molar-refractivity contribution in [2.75, 3.05) is 12.4 Å². The first-order valence-electron chi connectivity index (χ1n) is 11.5. The van der Waals surface area contributed by atoms with E-state index in [1.54, 1.807) is 4.90 Å². The van der Waals surface area contributed by atoms with Crippen LogP contribution in [0.25, 0.3) is 16.9 Å². The van der Waals surface area contributed by atoms with Gasteiger partial charge in [-0.1, -0.05) is 12.1 Å².